The number of rotatable bonds is 5. The van der Waals surface area contributed by atoms with E-state index in [2.05, 4.69) is 5.32 Å². The van der Waals surface area contributed by atoms with Crippen LogP contribution in [0.15, 0.2) is 0 Å². The second-order valence-corrected chi connectivity index (χ2v) is 5.14. The largest absolute Gasteiger partial charge is 0.464 e. The summed E-state index contributed by atoms with van der Waals surface area (Å²) < 4.78 is 5.17. The molecular formula is C13H25N3O3. The summed E-state index contributed by atoms with van der Waals surface area (Å²) in [5.74, 6) is -0.532. The molecule has 1 fully saturated rings. The minimum Gasteiger partial charge on any atom is -0.464 e. The van der Waals surface area contributed by atoms with Crippen LogP contribution in [0.1, 0.15) is 44.9 Å². The molecule has 0 saturated heterocycles. The van der Waals surface area contributed by atoms with E-state index in [-0.39, 0.29) is 6.54 Å². The monoisotopic (exact) mass is 271 g/mol. The first-order chi connectivity index (χ1) is 9.09. The molecule has 0 heterocycles. The average Bonchev–Trinajstić information content (AvgIpc) is 2.34. The van der Waals surface area contributed by atoms with Crippen molar-refractivity contribution in [3.63, 3.8) is 0 Å². The highest BCUT2D eigenvalue weighted by Gasteiger charge is 2.15. The molecule has 0 atom stereocenters. The van der Waals surface area contributed by atoms with Gasteiger partial charge in [0.25, 0.3) is 5.91 Å². The number of amides is 1. The third-order valence-electron chi connectivity index (χ3n) is 3.41. The lowest BCUT2D eigenvalue weighted by Gasteiger charge is -2.19. The van der Waals surface area contributed by atoms with Crippen molar-refractivity contribution in [1.29, 1.82) is 0 Å². The van der Waals surface area contributed by atoms with Gasteiger partial charge in [0.1, 0.15) is 12.7 Å². The van der Waals surface area contributed by atoms with Gasteiger partial charge in [0.15, 0.2) is 0 Å². The van der Waals surface area contributed by atoms with Crippen molar-refractivity contribution in [2.45, 2.75) is 51.1 Å². The summed E-state index contributed by atoms with van der Waals surface area (Å²) in [4.78, 5) is 22.5. The minimum absolute atomic E-state index is 0.170. The van der Waals surface area contributed by atoms with Gasteiger partial charge in [-0.3, -0.25) is 9.59 Å². The van der Waals surface area contributed by atoms with E-state index < -0.39 is 18.0 Å². The van der Waals surface area contributed by atoms with E-state index in [9.17, 15) is 9.59 Å². The van der Waals surface area contributed by atoms with Gasteiger partial charge in [-0.15, -0.1) is 0 Å². The number of ether oxygens (including phenoxy) is 1. The quantitative estimate of drug-likeness (QED) is 0.491. The van der Waals surface area contributed by atoms with Crippen molar-refractivity contribution >= 4 is 11.9 Å². The van der Waals surface area contributed by atoms with Gasteiger partial charge < -0.3 is 21.5 Å². The molecule has 5 N–H and O–H groups in total. The lowest BCUT2D eigenvalue weighted by Crippen LogP contribution is -2.48. The first kappa shape index (κ1) is 15.9. The fourth-order valence-corrected chi connectivity index (χ4v) is 2.25. The standard InChI is InChI=1S/C13H25N3O3/c14-12(15)13(18)16-8-11(17)19-9-10-6-4-2-1-3-5-7-10/h10,12H,1-9,14-15H2,(H,16,18). The van der Waals surface area contributed by atoms with Gasteiger partial charge in [-0.2, -0.15) is 0 Å². The van der Waals surface area contributed by atoms with Crippen molar-refractivity contribution in [3.05, 3.63) is 0 Å². The SMILES string of the molecule is NC(N)C(=O)NCC(=O)OCC1CCCCCCC1. The van der Waals surface area contributed by atoms with E-state index in [4.69, 9.17) is 16.2 Å². The van der Waals surface area contributed by atoms with Crippen LogP contribution in [-0.4, -0.2) is 31.2 Å². The molecule has 19 heavy (non-hydrogen) atoms. The molecule has 0 unspecified atom stereocenters. The van der Waals surface area contributed by atoms with Gasteiger partial charge in [0, 0.05) is 0 Å². The topological polar surface area (TPSA) is 107 Å². The van der Waals surface area contributed by atoms with E-state index in [0.717, 1.165) is 12.8 Å². The van der Waals surface area contributed by atoms with Crippen LogP contribution in [0.5, 0.6) is 0 Å². The van der Waals surface area contributed by atoms with Crippen molar-refractivity contribution in [1.82, 2.24) is 5.32 Å². The van der Waals surface area contributed by atoms with Gasteiger partial charge in [-0.1, -0.05) is 32.1 Å². The van der Waals surface area contributed by atoms with Crippen LogP contribution < -0.4 is 16.8 Å². The Labute approximate surface area is 114 Å². The molecule has 6 nitrogen and oxygen atoms in total. The van der Waals surface area contributed by atoms with E-state index in [0.29, 0.717) is 12.5 Å². The molecular weight excluding hydrogens is 246 g/mol. The van der Waals surface area contributed by atoms with E-state index >= 15 is 0 Å². The summed E-state index contributed by atoms with van der Waals surface area (Å²) in [5, 5.41) is 2.33. The maximum Gasteiger partial charge on any atom is 0.325 e. The number of carbonyl (C=O) groups is 2. The first-order valence-electron chi connectivity index (χ1n) is 7.04. The Hall–Kier alpha value is -1.14. The van der Waals surface area contributed by atoms with Crippen LogP contribution in [-0.2, 0) is 14.3 Å². The van der Waals surface area contributed by atoms with Crippen LogP contribution in [0.25, 0.3) is 0 Å². The third-order valence-corrected chi connectivity index (χ3v) is 3.41. The van der Waals surface area contributed by atoms with E-state index in [1.165, 1.54) is 32.1 Å². The predicted molar refractivity (Wildman–Crippen MR) is 71.9 cm³/mol. The van der Waals surface area contributed by atoms with Crippen molar-refractivity contribution in [3.8, 4) is 0 Å². The molecule has 0 spiro atoms. The number of carbonyl (C=O) groups excluding carboxylic acids is 2. The zero-order valence-corrected chi connectivity index (χ0v) is 11.4. The van der Waals surface area contributed by atoms with Gasteiger partial charge in [0.2, 0.25) is 0 Å². The molecule has 1 aliphatic carbocycles. The molecule has 1 aliphatic rings. The summed E-state index contributed by atoms with van der Waals surface area (Å²) in [6.07, 6.45) is 7.42. The van der Waals surface area contributed by atoms with Crippen LogP contribution in [0.3, 0.4) is 0 Å². The summed E-state index contributed by atoms with van der Waals surface area (Å²) >= 11 is 0. The first-order valence-corrected chi connectivity index (χ1v) is 7.04. The molecule has 0 aromatic rings. The second-order valence-electron chi connectivity index (χ2n) is 5.14. The number of nitrogens with two attached hydrogens (primary N) is 2. The van der Waals surface area contributed by atoms with E-state index in [1.807, 2.05) is 0 Å². The Kier molecular flexibility index (Phi) is 7.43. The summed E-state index contributed by atoms with van der Waals surface area (Å²) in [6.45, 7) is 0.278. The lowest BCUT2D eigenvalue weighted by molar-refractivity contribution is -0.145. The zero-order chi connectivity index (χ0) is 14.1. The molecule has 1 rings (SSSR count). The van der Waals surface area contributed by atoms with Crippen LogP contribution >= 0.6 is 0 Å². The lowest BCUT2D eigenvalue weighted by atomic mass is 9.92. The number of esters is 1. The summed E-state index contributed by atoms with van der Waals surface area (Å²) in [7, 11) is 0. The molecule has 0 aromatic carbocycles. The molecule has 0 aromatic heterocycles. The number of nitrogens with one attached hydrogen (secondary N) is 1. The molecule has 0 aliphatic heterocycles. The normalized spacial score (nSPS) is 17.6. The van der Waals surface area contributed by atoms with Gasteiger partial charge in [0.05, 0.1) is 6.61 Å². The van der Waals surface area contributed by atoms with Gasteiger partial charge in [-0.25, -0.2) is 0 Å². The highest BCUT2D eigenvalue weighted by atomic mass is 16.5. The number of hydrogen-bond donors (Lipinski definition) is 3. The maximum absolute atomic E-state index is 11.4. The third kappa shape index (κ3) is 7.12. The Morgan fingerprint density at radius 2 is 1.68 bits per heavy atom. The second kappa shape index (κ2) is 8.87. The van der Waals surface area contributed by atoms with Crippen molar-refractivity contribution < 1.29 is 14.3 Å². The Balaban J connectivity index is 2.16. The van der Waals surface area contributed by atoms with Crippen LogP contribution in [0, 0.1) is 5.92 Å². The molecule has 1 amide bonds. The van der Waals surface area contributed by atoms with E-state index in [1.54, 1.807) is 0 Å². The number of hydrogen-bond acceptors (Lipinski definition) is 5. The van der Waals surface area contributed by atoms with Gasteiger partial charge in [-0.05, 0) is 18.8 Å². The molecule has 110 valence electrons. The zero-order valence-electron chi connectivity index (χ0n) is 11.4. The van der Waals surface area contributed by atoms with Gasteiger partial charge >= 0.3 is 5.97 Å². The molecule has 0 radical (unpaired) electrons. The predicted octanol–water partition coefficient (Wildman–Crippen LogP) is 0.250. The summed E-state index contributed by atoms with van der Waals surface area (Å²) in [5.41, 5.74) is 10.3. The Morgan fingerprint density at radius 1 is 1.11 bits per heavy atom. The molecule has 1 saturated carbocycles. The average molecular weight is 271 g/mol. The van der Waals surface area contributed by atoms with Crippen LogP contribution in [0.2, 0.25) is 0 Å². The molecule has 6 heteroatoms. The Morgan fingerprint density at radius 3 is 2.26 bits per heavy atom. The van der Waals surface area contributed by atoms with Crippen LogP contribution in [0.4, 0.5) is 0 Å². The maximum atomic E-state index is 11.4. The highest BCUT2D eigenvalue weighted by Crippen LogP contribution is 2.22. The molecule has 0 bridgehead atoms. The summed E-state index contributed by atoms with van der Waals surface area (Å²) in [6, 6.07) is 0. The fraction of sp³-hybridized carbons (Fsp3) is 0.846. The highest BCUT2D eigenvalue weighted by molar-refractivity contribution is 5.84. The minimum atomic E-state index is -1.10. The fourth-order valence-electron chi connectivity index (χ4n) is 2.25. The van der Waals surface area contributed by atoms with Crippen molar-refractivity contribution in [2.75, 3.05) is 13.2 Å². The Bertz CT molecular complexity index is 287. The van der Waals surface area contributed by atoms with Crippen molar-refractivity contribution in [2.24, 2.45) is 17.4 Å². The smallest absolute Gasteiger partial charge is 0.325 e.